The third kappa shape index (κ3) is 8.43. The number of hydrogen-bond acceptors (Lipinski definition) is 3. The maximum Gasteiger partial charge on any atom is 0.123 e. The molecule has 0 unspecified atom stereocenters. The minimum atomic E-state index is 0.111. The number of rotatable bonds is 14. The fourth-order valence-corrected chi connectivity index (χ4v) is 5.60. The van der Waals surface area contributed by atoms with Crippen LogP contribution in [0.1, 0.15) is 39.3 Å². The fourth-order valence-electron chi connectivity index (χ4n) is 5.60. The van der Waals surface area contributed by atoms with E-state index in [1.807, 2.05) is 66.7 Å². The van der Waals surface area contributed by atoms with E-state index in [-0.39, 0.29) is 5.92 Å². The molecule has 45 heavy (non-hydrogen) atoms. The van der Waals surface area contributed by atoms with Crippen LogP contribution in [-0.4, -0.2) is 0 Å². The van der Waals surface area contributed by atoms with Gasteiger partial charge in [0.2, 0.25) is 0 Å². The molecular formula is C42H38O3. The van der Waals surface area contributed by atoms with E-state index in [4.69, 9.17) is 14.2 Å². The SMILES string of the molecule is c1ccc(COc2ccccc2CC(Cc2ccccc2OCc2ccccc2)c2ccccc2OCc2ccccc2)cc1. The van der Waals surface area contributed by atoms with Crippen LogP contribution in [0.15, 0.2) is 164 Å². The summed E-state index contributed by atoms with van der Waals surface area (Å²) < 4.78 is 19.3. The van der Waals surface area contributed by atoms with Gasteiger partial charge >= 0.3 is 0 Å². The first-order valence-electron chi connectivity index (χ1n) is 15.6. The zero-order valence-corrected chi connectivity index (χ0v) is 25.4. The third-order valence-corrected chi connectivity index (χ3v) is 7.95. The van der Waals surface area contributed by atoms with Gasteiger partial charge in [-0.25, -0.2) is 0 Å². The molecule has 0 fully saturated rings. The fraction of sp³-hybridized carbons (Fsp3) is 0.143. The van der Waals surface area contributed by atoms with Crippen LogP contribution in [0.3, 0.4) is 0 Å². The topological polar surface area (TPSA) is 27.7 Å². The average molecular weight is 591 g/mol. The van der Waals surface area contributed by atoms with Crippen LogP contribution in [0.5, 0.6) is 17.2 Å². The largest absolute Gasteiger partial charge is 0.489 e. The molecule has 0 heterocycles. The molecule has 0 aliphatic rings. The second-order valence-corrected chi connectivity index (χ2v) is 11.2. The summed E-state index contributed by atoms with van der Waals surface area (Å²) >= 11 is 0. The number of ether oxygens (including phenoxy) is 3. The van der Waals surface area contributed by atoms with Crippen LogP contribution in [0, 0.1) is 0 Å². The molecule has 6 rings (SSSR count). The zero-order valence-electron chi connectivity index (χ0n) is 25.4. The summed E-state index contributed by atoms with van der Waals surface area (Å²) in [5.74, 6) is 2.82. The number of hydrogen-bond donors (Lipinski definition) is 0. The predicted octanol–water partition coefficient (Wildman–Crippen LogP) is 9.99. The van der Waals surface area contributed by atoms with Crippen molar-refractivity contribution >= 4 is 0 Å². The Hall–Kier alpha value is -5.28. The quantitative estimate of drug-likeness (QED) is 0.126. The molecule has 6 aromatic rings. The third-order valence-electron chi connectivity index (χ3n) is 7.95. The molecule has 0 saturated heterocycles. The molecule has 0 N–H and O–H groups in total. The van der Waals surface area contributed by atoms with Crippen LogP contribution in [0.25, 0.3) is 0 Å². The summed E-state index contributed by atoms with van der Waals surface area (Å²) in [7, 11) is 0. The monoisotopic (exact) mass is 590 g/mol. The van der Waals surface area contributed by atoms with Crippen molar-refractivity contribution in [2.45, 2.75) is 38.6 Å². The second kappa shape index (κ2) is 15.4. The van der Waals surface area contributed by atoms with E-state index in [0.717, 1.165) is 46.8 Å². The molecular weight excluding hydrogens is 552 g/mol. The molecule has 0 aromatic heterocycles. The molecule has 0 bridgehead atoms. The van der Waals surface area contributed by atoms with Gasteiger partial charge in [0.25, 0.3) is 0 Å². The molecule has 0 aliphatic heterocycles. The van der Waals surface area contributed by atoms with Gasteiger partial charge in [0.05, 0.1) is 0 Å². The number of para-hydroxylation sites is 3. The molecule has 6 aromatic carbocycles. The minimum Gasteiger partial charge on any atom is -0.489 e. The Kier molecular flexibility index (Phi) is 10.2. The summed E-state index contributed by atoms with van der Waals surface area (Å²) in [4.78, 5) is 0. The van der Waals surface area contributed by atoms with Gasteiger partial charge in [0, 0.05) is 0 Å². The van der Waals surface area contributed by atoms with E-state index >= 15 is 0 Å². The minimum absolute atomic E-state index is 0.111. The van der Waals surface area contributed by atoms with E-state index in [1.165, 1.54) is 16.7 Å². The van der Waals surface area contributed by atoms with E-state index in [0.29, 0.717) is 19.8 Å². The first-order chi connectivity index (χ1) is 22.3. The second-order valence-electron chi connectivity index (χ2n) is 11.2. The van der Waals surface area contributed by atoms with E-state index < -0.39 is 0 Å². The molecule has 224 valence electrons. The molecule has 0 radical (unpaired) electrons. The maximum atomic E-state index is 6.49. The summed E-state index contributed by atoms with van der Waals surface area (Å²) in [6.07, 6.45) is 1.56. The molecule has 0 aliphatic carbocycles. The van der Waals surface area contributed by atoms with Gasteiger partial charge in [-0.1, -0.05) is 146 Å². The van der Waals surface area contributed by atoms with Crippen molar-refractivity contribution in [3.05, 3.63) is 197 Å². The van der Waals surface area contributed by atoms with Crippen LogP contribution in [0.2, 0.25) is 0 Å². The lowest BCUT2D eigenvalue weighted by Crippen LogP contribution is -2.11. The van der Waals surface area contributed by atoms with E-state index in [1.54, 1.807) is 0 Å². The van der Waals surface area contributed by atoms with E-state index in [2.05, 4.69) is 97.1 Å². The Labute approximate surface area is 266 Å². The average Bonchev–Trinajstić information content (AvgIpc) is 3.11. The Morgan fingerprint density at radius 2 is 0.667 bits per heavy atom. The lowest BCUT2D eigenvalue weighted by molar-refractivity contribution is 0.295. The van der Waals surface area contributed by atoms with E-state index in [9.17, 15) is 0 Å². The van der Waals surface area contributed by atoms with Crippen LogP contribution < -0.4 is 14.2 Å². The van der Waals surface area contributed by atoms with Crippen molar-refractivity contribution in [1.29, 1.82) is 0 Å². The van der Waals surface area contributed by atoms with Gasteiger partial charge in [-0.15, -0.1) is 0 Å². The highest BCUT2D eigenvalue weighted by atomic mass is 16.5. The van der Waals surface area contributed by atoms with Crippen LogP contribution in [0.4, 0.5) is 0 Å². The van der Waals surface area contributed by atoms with Crippen molar-refractivity contribution < 1.29 is 14.2 Å². The lowest BCUT2D eigenvalue weighted by atomic mass is 9.85. The van der Waals surface area contributed by atoms with Gasteiger partial charge in [0.1, 0.15) is 37.1 Å². The van der Waals surface area contributed by atoms with Crippen molar-refractivity contribution in [3.63, 3.8) is 0 Å². The smallest absolute Gasteiger partial charge is 0.123 e. The highest BCUT2D eigenvalue weighted by molar-refractivity contribution is 5.43. The highest BCUT2D eigenvalue weighted by Gasteiger charge is 2.21. The van der Waals surface area contributed by atoms with Gasteiger partial charge in [-0.3, -0.25) is 0 Å². The molecule has 0 spiro atoms. The van der Waals surface area contributed by atoms with Crippen LogP contribution >= 0.6 is 0 Å². The zero-order chi connectivity index (χ0) is 30.5. The summed E-state index contributed by atoms with van der Waals surface area (Å²) in [6, 6.07) is 56.2. The highest BCUT2D eigenvalue weighted by Crippen LogP contribution is 2.37. The van der Waals surface area contributed by atoms with Gasteiger partial charge in [-0.2, -0.15) is 0 Å². The normalized spacial score (nSPS) is 10.9. The Morgan fingerprint density at radius 3 is 1.11 bits per heavy atom. The van der Waals surface area contributed by atoms with Crippen LogP contribution in [-0.2, 0) is 32.7 Å². The Balaban J connectivity index is 1.30. The van der Waals surface area contributed by atoms with Gasteiger partial charge in [-0.05, 0) is 70.3 Å². The van der Waals surface area contributed by atoms with Crippen molar-refractivity contribution in [3.8, 4) is 17.2 Å². The summed E-state index contributed by atoms with van der Waals surface area (Å²) in [5, 5.41) is 0. The first-order valence-corrected chi connectivity index (χ1v) is 15.6. The molecule has 3 heteroatoms. The van der Waals surface area contributed by atoms with Crippen molar-refractivity contribution in [2.75, 3.05) is 0 Å². The van der Waals surface area contributed by atoms with Gasteiger partial charge in [0.15, 0.2) is 0 Å². The molecule has 0 amide bonds. The molecule has 3 nitrogen and oxygen atoms in total. The van der Waals surface area contributed by atoms with Gasteiger partial charge < -0.3 is 14.2 Å². The van der Waals surface area contributed by atoms with Crippen molar-refractivity contribution in [1.82, 2.24) is 0 Å². The molecule has 0 saturated carbocycles. The Bertz CT molecular complexity index is 1660. The standard InChI is InChI=1S/C42H38O3/c1-4-16-33(17-5-1)30-43-40-25-13-10-22-36(40)28-38(39-24-12-15-27-42(39)45-32-35-20-8-3-9-21-35)29-37-23-11-14-26-41(37)44-31-34-18-6-2-7-19-34/h1-27,38H,28-32H2. The predicted molar refractivity (Wildman–Crippen MR) is 182 cm³/mol. The summed E-state index contributed by atoms with van der Waals surface area (Å²) in [6.45, 7) is 1.56. The Morgan fingerprint density at radius 1 is 0.333 bits per heavy atom. The number of benzene rings is 6. The van der Waals surface area contributed by atoms with Crippen molar-refractivity contribution in [2.24, 2.45) is 0 Å². The molecule has 0 atom stereocenters. The maximum absolute atomic E-state index is 6.49. The lowest BCUT2D eigenvalue weighted by Gasteiger charge is -2.23. The summed E-state index contributed by atoms with van der Waals surface area (Å²) in [5.41, 5.74) is 6.94. The first kappa shape index (κ1) is 29.8.